The smallest absolute Gasteiger partial charge is 0.410 e. The third-order valence-electron chi connectivity index (χ3n) is 7.13. The van der Waals surface area contributed by atoms with Crippen molar-refractivity contribution >= 4 is 12.0 Å². The number of nitrogens with zero attached hydrogens (tertiary/aromatic N) is 4. The fourth-order valence-corrected chi connectivity index (χ4v) is 5.02. The lowest BCUT2D eigenvalue weighted by atomic mass is 9.92. The van der Waals surface area contributed by atoms with Gasteiger partial charge in [-0.15, -0.1) is 6.58 Å². The van der Waals surface area contributed by atoms with E-state index in [0.29, 0.717) is 30.4 Å². The molecule has 0 unspecified atom stereocenters. The van der Waals surface area contributed by atoms with E-state index >= 15 is 0 Å². The minimum absolute atomic E-state index is 0.0470. The molecule has 0 N–H and O–H groups in total. The highest BCUT2D eigenvalue weighted by atomic mass is 16.6. The predicted molar refractivity (Wildman–Crippen MR) is 149 cm³/mol. The van der Waals surface area contributed by atoms with Gasteiger partial charge in [0.15, 0.2) is 0 Å². The summed E-state index contributed by atoms with van der Waals surface area (Å²) in [6, 6.07) is 16.3. The third kappa shape index (κ3) is 6.79. The van der Waals surface area contributed by atoms with Gasteiger partial charge in [0.05, 0.1) is 6.04 Å². The zero-order chi connectivity index (χ0) is 27.1. The molecule has 1 aliphatic heterocycles. The number of carbonyl (C=O) groups is 2. The maximum atomic E-state index is 12.9. The summed E-state index contributed by atoms with van der Waals surface area (Å²) >= 11 is 0. The Kier molecular flexibility index (Phi) is 9.89. The largest absolute Gasteiger partial charge is 0.414 e. The summed E-state index contributed by atoms with van der Waals surface area (Å²) in [6.45, 7) is 16.5. The summed E-state index contributed by atoms with van der Waals surface area (Å²) in [5.74, 6) is 0.561. The summed E-state index contributed by atoms with van der Waals surface area (Å²) in [5, 5.41) is 0. The zero-order valence-electron chi connectivity index (χ0n) is 23.2. The number of amides is 2. The van der Waals surface area contributed by atoms with Gasteiger partial charge in [0, 0.05) is 64.5 Å². The molecule has 37 heavy (non-hydrogen) atoms. The second-order valence-electron chi connectivity index (χ2n) is 9.97. The minimum Gasteiger partial charge on any atom is -0.410 e. The van der Waals surface area contributed by atoms with Gasteiger partial charge in [-0.1, -0.05) is 30.3 Å². The third-order valence-corrected chi connectivity index (χ3v) is 7.13. The lowest BCUT2D eigenvalue weighted by Gasteiger charge is -2.47. The van der Waals surface area contributed by atoms with E-state index in [-0.39, 0.29) is 18.0 Å². The quantitative estimate of drug-likeness (QED) is 0.453. The van der Waals surface area contributed by atoms with Gasteiger partial charge < -0.3 is 14.5 Å². The van der Waals surface area contributed by atoms with Crippen molar-refractivity contribution in [1.29, 1.82) is 0 Å². The first kappa shape index (κ1) is 28.4. The molecular formula is C30H42N4O3. The summed E-state index contributed by atoms with van der Waals surface area (Å²) < 4.78 is 5.59. The molecule has 1 fully saturated rings. The van der Waals surface area contributed by atoms with E-state index in [1.54, 1.807) is 14.1 Å². The van der Waals surface area contributed by atoms with Gasteiger partial charge >= 0.3 is 6.09 Å². The van der Waals surface area contributed by atoms with Crippen LogP contribution in [0.4, 0.5) is 4.79 Å². The Morgan fingerprint density at radius 3 is 2.30 bits per heavy atom. The Morgan fingerprint density at radius 2 is 1.70 bits per heavy atom. The second kappa shape index (κ2) is 12.9. The van der Waals surface area contributed by atoms with Gasteiger partial charge in [-0.3, -0.25) is 14.6 Å². The van der Waals surface area contributed by atoms with E-state index in [1.807, 2.05) is 55.2 Å². The van der Waals surface area contributed by atoms with Crippen LogP contribution in [0.3, 0.4) is 0 Å². The van der Waals surface area contributed by atoms with Crippen LogP contribution in [-0.4, -0.2) is 90.5 Å². The first-order chi connectivity index (χ1) is 17.7. The molecule has 3 atom stereocenters. The molecule has 1 saturated heterocycles. The van der Waals surface area contributed by atoms with Crippen LogP contribution >= 0.6 is 0 Å². The van der Waals surface area contributed by atoms with Crippen LogP contribution < -0.4 is 4.74 Å². The Morgan fingerprint density at radius 1 is 1.03 bits per heavy atom. The number of benzene rings is 2. The van der Waals surface area contributed by atoms with Crippen LogP contribution in [0.15, 0.2) is 61.2 Å². The van der Waals surface area contributed by atoms with E-state index in [1.165, 1.54) is 4.90 Å². The summed E-state index contributed by atoms with van der Waals surface area (Å²) in [7, 11) is 3.34. The highest BCUT2D eigenvalue weighted by Crippen LogP contribution is 2.35. The van der Waals surface area contributed by atoms with Crippen molar-refractivity contribution < 1.29 is 14.3 Å². The maximum absolute atomic E-state index is 12.9. The maximum Gasteiger partial charge on any atom is 0.414 e. The Hall–Kier alpha value is -3.16. The molecule has 0 bridgehead atoms. The molecule has 2 aromatic carbocycles. The van der Waals surface area contributed by atoms with Crippen LogP contribution in [-0.2, 0) is 0 Å². The first-order valence-electron chi connectivity index (χ1n) is 13.2. The molecule has 1 heterocycles. The summed E-state index contributed by atoms with van der Waals surface area (Å²) in [6.07, 6.45) is 1.55. The lowest BCUT2D eigenvalue weighted by Crippen LogP contribution is -2.57. The predicted octanol–water partition coefficient (Wildman–Crippen LogP) is 4.90. The monoisotopic (exact) mass is 506 g/mol. The van der Waals surface area contributed by atoms with Gasteiger partial charge in [0.25, 0.3) is 5.91 Å². The number of hydrogen-bond acceptors (Lipinski definition) is 5. The van der Waals surface area contributed by atoms with Crippen LogP contribution in [0.5, 0.6) is 5.75 Å². The Balaban J connectivity index is 2.00. The van der Waals surface area contributed by atoms with Gasteiger partial charge in [0.1, 0.15) is 5.75 Å². The fraction of sp³-hybridized carbons (Fsp3) is 0.467. The number of rotatable bonds is 9. The molecule has 1 aliphatic rings. The zero-order valence-corrected chi connectivity index (χ0v) is 23.2. The molecule has 0 aromatic heterocycles. The van der Waals surface area contributed by atoms with E-state index in [0.717, 1.165) is 30.8 Å². The highest BCUT2D eigenvalue weighted by Gasteiger charge is 2.34. The minimum atomic E-state index is -0.409. The average molecular weight is 507 g/mol. The van der Waals surface area contributed by atoms with Gasteiger partial charge in [-0.05, 0) is 63.1 Å². The van der Waals surface area contributed by atoms with E-state index < -0.39 is 6.09 Å². The van der Waals surface area contributed by atoms with Crippen molar-refractivity contribution in [3.8, 4) is 5.75 Å². The van der Waals surface area contributed by atoms with Gasteiger partial charge in [0.2, 0.25) is 0 Å². The van der Waals surface area contributed by atoms with E-state index in [2.05, 4.69) is 48.4 Å². The molecule has 0 aliphatic carbocycles. The van der Waals surface area contributed by atoms with Crippen molar-refractivity contribution in [1.82, 2.24) is 19.6 Å². The van der Waals surface area contributed by atoms with Crippen LogP contribution in [0, 0.1) is 0 Å². The number of hydrogen-bond donors (Lipinski definition) is 0. The highest BCUT2D eigenvalue weighted by molar-refractivity contribution is 5.94. The van der Waals surface area contributed by atoms with Crippen molar-refractivity contribution in [3.05, 3.63) is 77.9 Å². The molecule has 0 saturated carbocycles. The van der Waals surface area contributed by atoms with Gasteiger partial charge in [-0.2, -0.15) is 0 Å². The Labute approximate surface area is 222 Å². The number of piperazine rings is 1. The topological polar surface area (TPSA) is 56.3 Å². The molecule has 7 heteroatoms. The summed E-state index contributed by atoms with van der Waals surface area (Å²) in [5.41, 5.74) is 2.84. The van der Waals surface area contributed by atoms with Crippen molar-refractivity contribution in [2.24, 2.45) is 0 Å². The van der Waals surface area contributed by atoms with Crippen molar-refractivity contribution in [3.63, 3.8) is 0 Å². The summed E-state index contributed by atoms with van der Waals surface area (Å²) in [4.78, 5) is 33.3. The molecule has 2 aromatic rings. The Bertz CT molecular complexity index is 1060. The molecule has 7 nitrogen and oxygen atoms in total. The van der Waals surface area contributed by atoms with E-state index in [9.17, 15) is 9.59 Å². The SMILES string of the molecule is C=CCN1C[C@@H](C)N([C@H](c2ccc(C(=O)N(CC)CC)cc2)c2cccc(OC(=O)N(C)C)c2)C[C@@H]1C. The van der Waals surface area contributed by atoms with Crippen LogP contribution in [0.1, 0.15) is 55.2 Å². The van der Waals surface area contributed by atoms with Crippen LogP contribution in [0.25, 0.3) is 0 Å². The molecule has 2 amide bonds. The second-order valence-corrected chi connectivity index (χ2v) is 9.97. The molecule has 200 valence electrons. The molecule has 0 spiro atoms. The average Bonchev–Trinajstić information content (AvgIpc) is 2.88. The van der Waals surface area contributed by atoms with Crippen molar-refractivity contribution in [2.75, 3.05) is 46.8 Å². The van der Waals surface area contributed by atoms with E-state index in [4.69, 9.17) is 4.74 Å². The van der Waals surface area contributed by atoms with Crippen LogP contribution in [0.2, 0.25) is 0 Å². The molecule has 3 rings (SSSR count). The normalized spacial score (nSPS) is 19.2. The van der Waals surface area contributed by atoms with Gasteiger partial charge in [-0.25, -0.2) is 4.79 Å². The first-order valence-corrected chi connectivity index (χ1v) is 13.2. The number of ether oxygens (including phenoxy) is 1. The molecular weight excluding hydrogens is 464 g/mol. The lowest BCUT2D eigenvalue weighted by molar-refractivity contribution is 0.0306. The number of carbonyl (C=O) groups excluding carboxylic acids is 2. The fourth-order valence-electron chi connectivity index (χ4n) is 5.02. The standard InChI is InChI=1S/C30H42N4O3/c1-8-18-33-20-23(5)34(21-22(33)4)28(26-12-11-13-27(19-26)37-30(36)31(6)7)24-14-16-25(17-15-24)29(35)32(9-2)10-3/h8,11-17,19,22-23,28H,1,9-10,18,20-21H2,2-7H3/t22-,23+,28+/m0/s1. The molecule has 0 radical (unpaired) electrons. The van der Waals surface area contributed by atoms with Crippen molar-refractivity contribution in [2.45, 2.75) is 45.8 Å².